The summed E-state index contributed by atoms with van der Waals surface area (Å²) in [4.78, 5) is 26.5. The second-order valence-electron chi connectivity index (χ2n) is 6.85. The Kier molecular flexibility index (Phi) is 7.05. The van der Waals surface area contributed by atoms with E-state index in [2.05, 4.69) is 10.6 Å². The van der Waals surface area contributed by atoms with Crippen LogP contribution in [0.25, 0.3) is 0 Å². The van der Waals surface area contributed by atoms with Crippen LogP contribution in [0.1, 0.15) is 12.8 Å². The van der Waals surface area contributed by atoms with Crippen molar-refractivity contribution in [1.29, 1.82) is 0 Å². The van der Waals surface area contributed by atoms with E-state index in [0.717, 1.165) is 12.1 Å². The first-order valence-corrected chi connectivity index (χ1v) is 9.80. The molecule has 3 rings (SSSR count). The summed E-state index contributed by atoms with van der Waals surface area (Å²) in [7, 11) is 0. The fraction of sp³-hybridized carbons (Fsp3) is 0.300. The van der Waals surface area contributed by atoms with E-state index in [-0.39, 0.29) is 30.0 Å². The van der Waals surface area contributed by atoms with Gasteiger partial charge in [0.25, 0.3) is 0 Å². The van der Waals surface area contributed by atoms with E-state index in [9.17, 15) is 18.4 Å². The van der Waals surface area contributed by atoms with Crippen molar-refractivity contribution in [2.24, 2.45) is 5.92 Å². The van der Waals surface area contributed by atoms with Gasteiger partial charge in [-0.15, -0.1) is 0 Å². The van der Waals surface area contributed by atoms with E-state index in [0.29, 0.717) is 41.7 Å². The van der Waals surface area contributed by atoms with Gasteiger partial charge in [0, 0.05) is 23.4 Å². The predicted octanol–water partition coefficient (Wildman–Crippen LogP) is 4.56. The van der Waals surface area contributed by atoms with Gasteiger partial charge in [-0.2, -0.15) is 0 Å². The number of halogens is 4. The molecule has 0 atom stereocenters. The summed E-state index contributed by atoms with van der Waals surface area (Å²) in [6.45, 7) is 1.34. The topological polar surface area (TPSA) is 61.4 Å². The number of anilines is 2. The lowest BCUT2D eigenvalue weighted by Gasteiger charge is -2.30. The van der Waals surface area contributed by atoms with Gasteiger partial charge in [-0.3, -0.25) is 14.5 Å². The molecule has 0 aromatic heterocycles. The molecular formula is C20H19Cl2F2N3O2. The summed E-state index contributed by atoms with van der Waals surface area (Å²) in [5.41, 5.74) is 0.780. The molecule has 0 aliphatic carbocycles. The minimum Gasteiger partial charge on any atom is -0.326 e. The average Bonchev–Trinajstić information content (AvgIpc) is 2.68. The number of likely N-dealkylation sites (tertiary alicyclic amines) is 1. The second kappa shape index (κ2) is 9.52. The van der Waals surface area contributed by atoms with E-state index < -0.39 is 11.6 Å². The maximum absolute atomic E-state index is 13.3. The minimum atomic E-state index is -1.01. The zero-order valence-corrected chi connectivity index (χ0v) is 16.9. The van der Waals surface area contributed by atoms with Crippen LogP contribution < -0.4 is 10.6 Å². The maximum Gasteiger partial charge on any atom is 0.238 e. The Morgan fingerprint density at radius 1 is 0.931 bits per heavy atom. The molecule has 29 heavy (non-hydrogen) atoms. The van der Waals surface area contributed by atoms with Crippen molar-refractivity contribution in [2.75, 3.05) is 30.3 Å². The number of rotatable bonds is 5. The highest BCUT2D eigenvalue weighted by Crippen LogP contribution is 2.25. The van der Waals surface area contributed by atoms with Crippen LogP contribution in [0.4, 0.5) is 20.2 Å². The Morgan fingerprint density at radius 3 is 2.24 bits per heavy atom. The van der Waals surface area contributed by atoms with Gasteiger partial charge in [0.1, 0.15) is 0 Å². The van der Waals surface area contributed by atoms with Crippen LogP contribution in [-0.4, -0.2) is 36.3 Å². The van der Waals surface area contributed by atoms with Crippen LogP contribution in [0.15, 0.2) is 36.4 Å². The van der Waals surface area contributed by atoms with Gasteiger partial charge < -0.3 is 10.6 Å². The molecule has 0 unspecified atom stereocenters. The lowest BCUT2D eigenvalue weighted by atomic mass is 9.96. The van der Waals surface area contributed by atoms with Gasteiger partial charge in [0.15, 0.2) is 11.6 Å². The molecule has 1 aliphatic heterocycles. The van der Waals surface area contributed by atoms with Crippen molar-refractivity contribution >= 4 is 46.4 Å². The Bertz CT molecular complexity index is 919. The third-order valence-corrected chi connectivity index (χ3v) is 5.46. The number of piperidine rings is 1. The molecule has 0 bridgehead atoms. The largest absolute Gasteiger partial charge is 0.326 e. The predicted molar refractivity (Wildman–Crippen MR) is 109 cm³/mol. The molecule has 2 N–H and O–H groups in total. The Balaban J connectivity index is 1.45. The SMILES string of the molecule is O=C(CN1CCC(C(=O)Nc2ccc(F)c(F)c2)CC1)Nc1ccc(Cl)c(Cl)c1. The van der Waals surface area contributed by atoms with Crippen LogP contribution in [0.3, 0.4) is 0 Å². The highest BCUT2D eigenvalue weighted by atomic mass is 35.5. The maximum atomic E-state index is 13.3. The fourth-order valence-electron chi connectivity index (χ4n) is 3.15. The molecule has 154 valence electrons. The van der Waals surface area contributed by atoms with Crippen LogP contribution in [0.5, 0.6) is 0 Å². The zero-order chi connectivity index (χ0) is 21.0. The highest BCUT2D eigenvalue weighted by Gasteiger charge is 2.26. The van der Waals surface area contributed by atoms with Gasteiger partial charge in [0.2, 0.25) is 11.8 Å². The molecule has 2 amide bonds. The number of hydrogen-bond acceptors (Lipinski definition) is 3. The second-order valence-corrected chi connectivity index (χ2v) is 7.66. The van der Waals surface area contributed by atoms with Crippen LogP contribution in [-0.2, 0) is 9.59 Å². The number of hydrogen-bond donors (Lipinski definition) is 2. The highest BCUT2D eigenvalue weighted by molar-refractivity contribution is 6.42. The summed E-state index contributed by atoms with van der Waals surface area (Å²) in [5, 5.41) is 6.14. The number of nitrogens with one attached hydrogen (secondary N) is 2. The first-order chi connectivity index (χ1) is 13.8. The molecule has 0 radical (unpaired) electrons. The molecule has 1 aliphatic rings. The smallest absolute Gasteiger partial charge is 0.238 e. The third-order valence-electron chi connectivity index (χ3n) is 4.72. The number of benzene rings is 2. The van der Waals surface area contributed by atoms with Gasteiger partial charge in [-0.05, 0) is 56.3 Å². The molecule has 2 aromatic rings. The van der Waals surface area contributed by atoms with E-state index in [4.69, 9.17) is 23.2 Å². The molecule has 2 aromatic carbocycles. The number of nitrogens with zero attached hydrogens (tertiary/aromatic N) is 1. The van der Waals surface area contributed by atoms with Crippen LogP contribution in [0, 0.1) is 17.6 Å². The number of carbonyl (C=O) groups is 2. The Morgan fingerprint density at radius 2 is 1.59 bits per heavy atom. The van der Waals surface area contributed by atoms with Crippen molar-refractivity contribution in [3.8, 4) is 0 Å². The standard InChI is InChI=1S/C20H19Cl2F2N3O2/c21-15-3-1-13(9-16(15)22)25-19(28)11-27-7-5-12(6-8-27)20(29)26-14-2-4-17(23)18(24)10-14/h1-4,9-10,12H,5-8,11H2,(H,25,28)(H,26,29). The normalized spacial score (nSPS) is 15.2. The molecule has 0 spiro atoms. The molecule has 0 saturated carbocycles. The lowest BCUT2D eigenvalue weighted by Crippen LogP contribution is -2.41. The quantitative estimate of drug-likeness (QED) is 0.714. The van der Waals surface area contributed by atoms with E-state index in [1.54, 1.807) is 18.2 Å². The van der Waals surface area contributed by atoms with Gasteiger partial charge >= 0.3 is 0 Å². The van der Waals surface area contributed by atoms with Gasteiger partial charge in [-0.1, -0.05) is 23.2 Å². The molecule has 1 fully saturated rings. The van der Waals surface area contributed by atoms with Crippen molar-refractivity contribution in [2.45, 2.75) is 12.8 Å². The first-order valence-electron chi connectivity index (χ1n) is 9.05. The molecule has 1 heterocycles. The molecular weight excluding hydrogens is 423 g/mol. The van der Waals surface area contributed by atoms with Crippen LogP contribution >= 0.6 is 23.2 Å². The van der Waals surface area contributed by atoms with Crippen molar-refractivity contribution < 1.29 is 18.4 Å². The summed E-state index contributed by atoms with van der Waals surface area (Å²) >= 11 is 11.8. The lowest BCUT2D eigenvalue weighted by molar-refractivity contribution is -0.121. The third kappa shape index (κ3) is 5.88. The Hall–Kier alpha value is -2.22. The Labute approximate surface area is 177 Å². The monoisotopic (exact) mass is 441 g/mol. The van der Waals surface area contributed by atoms with Crippen LogP contribution in [0.2, 0.25) is 10.0 Å². The van der Waals surface area contributed by atoms with E-state index in [1.807, 2.05) is 4.90 Å². The molecule has 5 nitrogen and oxygen atoms in total. The zero-order valence-electron chi connectivity index (χ0n) is 15.4. The number of carbonyl (C=O) groups excluding carboxylic acids is 2. The summed E-state index contributed by atoms with van der Waals surface area (Å²) in [6.07, 6.45) is 1.13. The summed E-state index contributed by atoms with van der Waals surface area (Å²) in [5.74, 6) is -2.65. The van der Waals surface area contributed by atoms with Crippen molar-refractivity contribution in [1.82, 2.24) is 4.90 Å². The summed E-state index contributed by atoms with van der Waals surface area (Å²) in [6, 6.07) is 8.10. The summed E-state index contributed by atoms with van der Waals surface area (Å²) < 4.78 is 26.2. The van der Waals surface area contributed by atoms with Crippen molar-refractivity contribution in [3.05, 3.63) is 58.1 Å². The number of amides is 2. The minimum absolute atomic E-state index is 0.187. The van der Waals surface area contributed by atoms with E-state index >= 15 is 0 Å². The fourth-order valence-corrected chi connectivity index (χ4v) is 3.45. The average molecular weight is 442 g/mol. The van der Waals surface area contributed by atoms with Gasteiger partial charge in [0.05, 0.1) is 16.6 Å². The van der Waals surface area contributed by atoms with Gasteiger partial charge in [-0.25, -0.2) is 8.78 Å². The van der Waals surface area contributed by atoms with Crippen molar-refractivity contribution in [3.63, 3.8) is 0 Å². The molecule has 1 saturated heterocycles. The molecule has 9 heteroatoms. The van der Waals surface area contributed by atoms with E-state index in [1.165, 1.54) is 6.07 Å². The first kappa shape index (κ1) is 21.5.